The second-order valence-corrected chi connectivity index (χ2v) is 7.51. The second-order valence-electron chi connectivity index (χ2n) is 5.64. The fourth-order valence-electron chi connectivity index (χ4n) is 2.28. The van der Waals surface area contributed by atoms with Crippen LogP contribution in [0.4, 0.5) is 5.69 Å². The van der Waals surface area contributed by atoms with Gasteiger partial charge in [-0.25, -0.2) is 0 Å². The van der Waals surface area contributed by atoms with Crippen molar-refractivity contribution in [3.63, 3.8) is 0 Å². The molecule has 4 nitrogen and oxygen atoms in total. The topological polar surface area (TPSA) is 55.1 Å². The largest absolute Gasteiger partial charge is 0.360 e. The molecular formula is C19H17BrN2O2S. The molecule has 0 aliphatic heterocycles. The van der Waals surface area contributed by atoms with E-state index in [4.69, 9.17) is 4.52 Å². The van der Waals surface area contributed by atoms with Gasteiger partial charge in [0.25, 0.3) is 5.91 Å². The van der Waals surface area contributed by atoms with Crippen molar-refractivity contribution in [1.29, 1.82) is 0 Å². The van der Waals surface area contributed by atoms with E-state index in [1.807, 2.05) is 62.4 Å². The van der Waals surface area contributed by atoms with E-state index in [0.717, 1.165) is 32.1 Å². The molecule has 0 saturated carbocycles. The summed E-state index contributed by atoms with van der Waals surface area (Å²) < 4.78 is 6.20. The Labute approximate surface area is 159 Å². The monoisotopic (exact) mass is 416 g/mol. The Morgan fingerprint density at radius 1 is 1.20 bits per heavy atom. The van der Waals surface area contributed by atoms with Crippen molar-refractivity contribution in [1.82, 2.24) is 5.16 Å². The van der Waals surface area contributed by atoms with Crippen molar-refractivity contribution < 1.29 is 9.32 Å². The van der Waals surface area contributed by atoms with Gasteiger partial charge < -0.3 is 9.84 Å². The zero-order chi connectivity index (χ0) is 17.8. The van der Waals surface area contributed by atoms with Crippen LogP contribution in [-0.2, 0) is 5.75 Å². The van der Waals surface area contributed by atoms with E-state index in [0.29, 0.717) is 11.3 Å². The van der Waals surface area contributed by atoms with E-state index in [1.165, 1.54) is 0 Å². The lowest BCUT2D eigenvalue weighted by molar-refractivity contribution is 0.102. The van der Waals surface area contributed by atoms with Crippen molar-refractivity contribution in [2.45, 2.75) is 24.5 Å². The summed E-state index contributed by atoms with van der Waals surface area (Å²) in [6.07, 6.45) is 0. The van der Waals surface area contributed by atoms with Gasteiger partial charge in [0, 0.05) is 21.1 Å². The standard InChI is InChI=1S/C19H17BrN2O2S/c1-12-7-8-14(10-17(12)20)21-19(23)16-5-3-4-6-18(16)25-11-15-9-13(2)22-24-15/h3-10H,11H2,1-2H3,(H,21,23). The Balaban J connectivity index is 1.74. The highest BCUT2D eigenvalue weighted by Gasteiger charge is 2.13. The van der Waals surface area contributed by atoms with Gasteiger partial charge >= 0.3 is 0 Å². The van der Waals surface area contributed by atoms with Crippen LogP contribution in [0.3, 0.4) is 0 Å². The Morgan fingerprint density at radius 3 is 2.72 bits per heavy atom. The van der Waals surface area contributed by atoms with Crippen molar-refractivity contribution in [3.05, 3.63) is 75.6 Å². The minimum Gasteiger partial charge on any atom is -0.360 e. The van der Waals surface area contributed by atoms with Crippen LogP contribution in [-0.4, -0.2) is 11.1 Å². The molecule has 3 rings (SSSR count). The summed E-state index contributed by atoms with van der Waals surface area (Å²) in [5.41, 5.74) is 3.37. The summed E-state index contributed by atoms with van der Waals surface area (Å²) in [6.45, 7) is 3.89. The predicted molar refractivity (Wildman–Crippen MR) is 104 cm³/mol. The molecule has 25 heavy (non-hydrogen) atoms. The minimum atomic E-state index is -0.132. The predicted octanol–water partition coefficient (Wildman–Crippen LogP) is 5.60. The Kier molecular flexibility index (Phi) is 5.60. The summed E-state index contributed by atoms with van der Waals surface area (Å²) in [4.78, 5) is 13.6. The number of benzene rings is 2. The molecule has 0 spiro atoms. The van der Waals surface area contributed by atoms with Gasteiger partial charge in [-0.3, -0.25) is 4.79 Å². The number of aromatic nitrogens is 1. The molecule has 0 aliphatic rings. The first-order valence-corrected chi connectivity index (χ1v) is 9.52. The molecule has 0 atom stereocenters. The number of anilines is 1. The number of rotatable bonds is 5. The number of aryl methyl sites for hydroxylation is 2. The van der Waals surface area contributed by atoms with Crippen LogP contribution < -0.4 is 5.32 Å². The molecule has 0 saturated heterocycles. The van der Waals surface area contributed by atoms with Crippen LogP contribution in [0.25, 0.3) is 0 Å². The van der Waals surface area contributed by atoms with E-state index in [1.54, 1.807) is 11.8 Å². The number of nitrogens with one attached hydrogen (secondary N) is 1. The number of carbonyl (C=O) groups is 1. The second kappa shape index (κ2) is 7.89. The lowest BCUT2D eigenvalue weighted by Gasteiger charge is -2.10. The van der Waals surface area contributed by atoms with Gasteiger partial charge in [0.05, 0.1) is 17.0 Å². The Bertz CT molecular complexity index is 908. The number of hydrogen-bond acceptors (Lipinski definition) is 4. The van der Waals surface area contributed by atoms with E-state index < -0.39 is 0 Å². The Morgan fingerprint density at radius 2 is 2.00 bits per heavy atom. The van der Waals surface area contributed by atoms with Gasteiger partial charge in [0.15, 0.2) is 0 Å². The molecule has 0 aliphatic carbocycles. The van der Waals surface area contributed by atoms with Crippen molar-refractivity contribution >= 4 is 39.3 Å². The molecule has 1 N–H and O–H groups in total. The van der Waals surface area contributed by atoms with E-state index in [-0.39, 0.29) is 5.91 Å². The van der Waals surface area contributed by atoms with Gasteiger partial charge in [0.1, 0.15) is 5.76 Å². The summed E-state index contributed by atoms with van der Waals surface area (Å²) in [5, 5.41) is 6.84. The fourth-order valence-corrected chi connectivity index (χ4v) is 3.59. The molecule has 128 valence electrons. The van der Waals surface area contributed by atoms with Crippen LogP contribution >= 0.6 is 27.7 Å². The molecule has 0 fully saturated rings. The first-order valence-electron chi connectivity index (χ1n) is 7.74. The van der Waals surface area contributed by atoms with Gasteiger partial charge in [0.2, 0.25) is 0 Å². The summed E-state index contributed by atoms with van der Waals surface area (Å²) in [6, 6.07) is 15.2. The van der Waals surface area contributed by atoms with Gasteiger partial charge in [-0.05, 0) is 43.7 Å². The molecule has 0 radical (unpaired) electrons. The van der Waals surface area contributed by atoms with Crippen LogP contribution in [0.5, 0.6) is 0 Å². The first kappa shape index (κ1) is 17.8. The molecule has 2 aromatic carbocycles. The van der Waals surface area contributed by atoms with E-state index in [2.05, 4.69) is 26.4 Å². The maximum atomic E-state index is 12.7. The van der Waals surface area contributed by atoms with E-state index >= 15 is 0 Å². The zero-order valence-electron chi connectivity index (χ0n) is 13.9. The van der Waals surface area contributed by atoms with Gasteiger partial charge in [-0.1, -0.05) is 39.3 Å². The normalized spacial score (nSPS) is 10.7. The highest BCUT2D eigenvalue weighted by Crippen LogP contribution is 2.28. The average molecular weight is 417 g/mol. The zero-order valence-corrected chi connectivity index (χ0v) is 16.3. The third kappa shape index (κ3) is 4.52. The number of amides is 1. The van der Waals surface area contributed by atoms with Crippen molar-refractivity contribution in [2.24, 2.45) is 0 Å². The van der Waals surface area contributed by atoms with Crippen LogP contribution in [0, 0.1) is 13.8 Å². The molecule has 1 aromatic heterocycles. The molecule has 6 heteroatoms. The maximum Gasteiger partial charge on any atom is 0.256 e. The average Bonchev–Trinajstić information content (AvgIpc) is 3.02. The third-order valence-electron chi connectivity index (χ3n) is 3.61. The lowest BCUT2D eigenvalue weighted by atomic mass is 10.2. The van der Waals surface area contributed by atoms with Crippen LogP contribution in [0.1, 0.15) is 27.4 Å². The molecule has 1 amide bonds. The van der Waals surface area contributed by atoms with Crippen LogP contribution in [0.15, 0.2) is 62.4 Å². The number of carbonyl (C=O) groups excluding carboxylic acids is 1. The lowest BCUT2D eigenvalue weighted by Crippen LogP contribution is -2.13. The van der Waals surface area contributed by atoms with Crippen LogP contribution in [0.2, 0.25) is 0 Å². The molecule has 1 heterocycles. The maximum absolute atomic E-state index is 12.7. The highest BCUT2D eigenvalue weighted by atomic mass is 79.9. The van der Waals surface area contributed by atoms with Gasteiger partial charge in [-0.15, -0.1) is 11.8 Å². The third-order valence-corrected chi connectivity index (χ3v) is 5.56. The summed E-state index contributed by atoms with van der Waals surface area (Å²) >= 11 is 5.04. The fraction of sp³-hybridized carbons (Fsp3) is 0.158. The van der Waals surface area contributed by atoms with E-state index in [9.17, 15) is 4.79 Å². The minimum absolute atomic E-state index is 0.132. The van der Waals surface area contributed by atoms with Crippen molar-refractivity contribution in [3.8, 4) is 0 Å². The first-order chi connectivity index (χ1) is 12.0. The quantitative estimate of drug-likeness (QED) is 0.549. The highest BCUT2D eigenvalue weighted by molar-refractivity contribution is 9.10. The van der Waals surface area contributed by atoms with Crippen molar-refractivity contribution in [2.75, 3.05) is 5.32 Å². The number of nitrogens with zero attached hydrogens (tertiary/aromatic N) is 1. The molecular weight excluding hydrogens is 400 g/mol. The number of hydrogen-bond donors (Lipinski definition) is 1. The molecule has 3 aromatic rings. The molecule has 0 bridgehead atoms. The SMILES string of the molecule is Cc1cc(CSc2ccccc2C(=O)Nc2ccc(C)c(Br)c2)on1. The summed E-state index contributed by atoms with van der Waals surface area (Å²) in [5.74, 6) is 1.29. The van der Waals surface area contributed by atoms with Gasteiger partial charge in [-0.2, -0.15) is 0 Å². The molecule has 0 unspecified atom stereocenters. The number of thioether (sulfide) groups is 1. The Hall–Kier alpha value is -2.05. The smallest absolute Gasteiger partial charge is 0.256 e. The number of halogens is 1. The summed E-state index contributed by atoms with van der Waals surface area (Å²) in [7, 11) is 0.